The van der Waals surface area contributed by atoms with Gasteiger partial charge in [0.15, 0.2) is 6.04 Å². The van der Waals surface area contributed by atoms with Gasteiger partial charge in [-0.1, -0.05) is 42.5 Å². The van der Waals surface area contributed by atoms with Gasteiger partial charge in [-0.25, -0.2) is 9.86 Å². The van der Waals surface area contributed by atoms with Crippen molar-refractivity contribution >= 4 is 11.9 Å². The smallest absolute Gasteiger partial charge is 0.362 e. The van der Waals surface area contributed by atoms with Crippen LogP contribution in [0.15, 0.2) is 54.6 Å². The van der Waals surface area contributed by atoms with Crippen LogP contribution in [0.4, 0.5) is 0 Å². The Bertz CT molecular complexity index is 825. The largest absolute Gasteiger partial charge is 1.00 e. The first-order chi connectivity index (χ1) is 14.8. The van der Waals surface area contributed by atoms with Crippen LogP contribution in [0.2, 0.25) is 0 Å². The molecule has 0 spiro atoms. The number of nitrogens with two attached hydrogens (primary N) is 1. The van der Waals surface area contributed by atoms with Crippen LogP contribution in [0.3, 0.4) is 0 Å². The highest BCUT2D eigenvalue weighted by molar-refractivity contribution is 5.74. The number of hydrogen-bond donors (Lipinski definition) is 4. The van der Waals surface area contributed by atoms with Crippen molar-refractivity contribution in [1.82, 2.24) is 5.06 Å². The summed E-state index contributed by atoms with van der Waals surface area (Å²) >= 11 is 0. The van der Waals surface area contributed by atoms with Gasteiger partial charge in [-0.2, -0.15) is 0 Å². The molecule has 2 rings (SSSR count). The van der Waals surface area contributed by atoms with Gasteiger partial charge in [0.05, 0.1) is 6.54 Å². The summed E-state index contributed by atoms with van der Waals surface area (Å²) in [5, 5.41) is 21.2. The molecule has 0 aromatic heterocycles. The number of ether oxygens (including phenoxy) is 1. The Morgan fingerprint density at radius 3 is 2.30 bits per heavy atom. The number of carbonyl (C=O) groups excluding carboxylic acids is 1. The summed E-state index contributed by atoms with van der Waals surface area (Å²) in [5.41, 5.74) is 6.19. The summed E-state index contributed by atoms with van der Waals surface area (Å²) in [5.74, 6) is -0.485. The molecule has 0 saturated carbocycles. The number of hydrogen-bond acceptors (Lipinski definition) is 4. The van der Waals surface area contributed by atoms with Crippen molar-refractivity contribution in [1.29, 1.82) is 0 Å². The highest BCUT2D eigenvalue weighted by Crippen LogP contribution is 2.15. The Balaban J connectivity index is 0.00000512. The van der Waals surface area contributed by atoms with E-state index in [9.17, 15) is 14.8 Å². The number of rotatable bonds is 13. The van der Waals surface area contributed by atoms with Crippen molar-refractivity contribution in [3.63, 3.8) is 0 Å². The molecule has 33 heavy (non-hydrogen) atoms. The number of benzene rings is 2. The number of carboxylic acids is 1. The molecule has 10 heteroatoms. The van der Waals surface area contributed by atoms with E-state index < -0.39 is 12.0 Å². The van der Waals surface area contributed by atoms with Crippen LogP contribution in [0, 0.1) is 0 Å². The summed E-state index contributed by atoms with van der Waals surface area (Å²) in [6.07, 6.45) is 1.28. The highest BCUT2D eigenvalue weighted by Gasteiger charge is 2.18. The third-order valence-electron chi connectivity index (χ3n) is 4.92. The summed E-state index contributed by atoms with van der Waals surface area (Å²) in [7, 11) is 0. The average molecular weight is 502 g/mol. The van der Waals surface area contributed by atoms with Gasteiger partial charge in [0.2, 0.25) is 5.91 Å². The number of carboxylic acid groups (broad SMARTS) is 1. The van der Waals surface area contributed by atoms with Gasteiger partial charge < -0.3 is 45.7 Å². The van der Waals surface area contributed by atoms with Crippen LogP contribution in [0.5, 0.6) is 5.75 Å². The van der Waals surface area contributed by atoms with Crippen molar-refractivity contribution in [2.24, 2.45) is 0 Å². The van der Waals surface area contributed by atoms with E-state index in [1.807, 2.05) is 54.6 Å². The fraction of sp³-hybridized carbons (Fsp3) is 0.391. The quantitative estimate of drug-likeness (QED) is 0.123. The van der Waals surface area contributed by atoms with Crippen LogP contribution < -0.4 is 40.6 Å². The lowest BCUT2D eigenvalue weighted by atomic mass is 10.1. The lowest BCUT2D eigenvalue weighted by Gasteiger charge is -2.18. The molecule has 7 N–H and O–H groups in total. The monoisotopic (exact) mass is 501 g/mol. The molecule has 0 saturated heterocycles. The Labute approximate surface area is 206 Å². The Morgan fingerprint density at radius 2 is 1.70 bits per heavy atom. The van der Waals surface area contributed by atoms with Crippen molar-refractivity contribution in [2.45, 2.75) is 44.9 Å². The molecule has 1 amide bonds. The van der Waals surface area contributed by atoms with Gasteiger partial charge in [-0.05, 0) is 30.2 Å². The minimum absolute atomic E-state index is 0. The standard InChI is InChI=1S/C23H31N3O5.2ClH/c1-17(23(28)29)25-13-5-8-22(27)26(30)15-20(24)14-18-9-11-21(12-10-18)31-16-19-6-3-2-4-7-19;;/h2-4,6-7,9-12,17,20,25,30H,5,8,13-16,24H2,1H3,(H,28,29);2*1H/t17-,20-;;/m0../s1. The van der Waals surface area contributed by atoms with Gasteiger partial charge in [0.25, 0.3) is 0 Å². The fourth-order valence-corrected chi connectivity index (χ4v) is 3.06. The number of amides is 1. The minimum atomic E-state index is -0.884. The van der Waals surface area contributed by atoms with Gasteiger partial charge >= 0.3 is 5.97 Å². The van der Waals surface area contributed by atoms with Crippen molar-refractivity contribution < 1.29 is 60.5 Å². The Morgan fingerprint density at radius 1 is 1.06 bits per heavy atom. The normalized spacial score (nSPS) is 12.0. The zero-order valence-electron chi connectivity index (χ0n) is 18.7. The molecule has 8 nitrogen and oxygen atoms in total. The predicted molar refractivity (Wildman–Crippen MR) is 114 cm³/mol. The van der Waals surface area contributed by atoms with E-state index in [0.29, 0.717) is 26.0 Å². The maximum Gasteiger partial charge on any atom is 0.362 e. The summed E-state index contributed by atoms with van der Waals surface area (Å²) in [6.45, 7) is 2.75. The van der Waals surface area contributed by atoms with Crippen LogP contribution in [0.1, 0.15) is 30.9 Å². The number of nitrogens with zero attached hydrogens (tertiary/aromatic N) is 1. The zero-order valence-corrected chi connectivity index (χ0v) is 20.2. The Kier molecular flexibility index (Phi) is 15.1. The van der Waals surface area contributed by atoms with E-state index in [0.717, 1.165) is 21.9 Å². The molecule has 0 fully saturated rings. The molecule has 0 bridgehead atoms. The number of carbonyl (C=O) groups is 2. The van der Waals surface area contributed by atoms with E-state index in [1.165, 1.54) is 0 Å². The second kappa shape index (κ2) is 16.3. The van der Waals surface area contributed by atoms with Crippen LogP contribution in [0.25, 0.3) is 0 Å². The molecule has 0 aliphatic rings. The second-order valence-corrected chi connectivity index (χ2v) is 7.72. The van der Waals surface area contributed by atoms with Crippen LogP contribution in [-0.4, -0.2) is 52.4 Å². The first-order valence-electron chi connectivity index (χ1n) is 10.5. The molecule has 2 aromatic carbocycles. The number of hydroxylamine groups is 2. The SMILES string of the molecule is C[C@H]([NH2+]CCCC(=O)N(O)C[C@@H]([NH3+])Cc1ccc(OCc2ccccc2)cc1)C(=O)O.[Cl-].[Cl-]. The van der Waals surface area contributed by atoms with Gasteiger partial charge in [0, 0.05) is 19.3 Å². The lowest BCUT2D eigenvalue weighted by molar-refractivity contribution is -0.675. The molecule has 0 aliphatic heterocycles. The number of aliphatic carboxylic acids is 1. The maximum absolute atomic E-state index is 12.0. The second-order valence-electron chi connectivity index (χ2n) is 7.72. The predicted octanol–water partition coefficient (Wildman–Crippen LogP) is -5.54. The third-order valence-corrected chi connectivity index (χ3v) is 4.92. The lowest BCUT2D eigenvalue weighted by Crippen LogP contribution is -3.00. The average Bonchev–Trinajstić information content (AvgIpc) is 2.76. The maximum atomic E-state index is 12.0. The first kappa shape index (κ1) is 30.6. The van der Waals surface area contributed by atoms with Gasteiger partial charge in [-0.3, -0.25) is 10.0 Å². The van der Waals surface area contributed by atoms with Crippen molar-refractivity contribution in [2.75, 3.05) is 13.1 Å². The summed E-state index contributed by atoms with van der Waals surface area (Å²) in [4.78, 5) is 22.8. The van der Waals surface area contributed by atoms with E-state index >= 15 is 0 Å². The fourth-order valence-electron chi connectivity index (χ4n) is 3.06. The molecule has 0 heterocycles. The van der Waals surface area contributed by atoms with Crippen LogP contribution >= 0.6 is 0 Å². The summed E-state index contributed by atoms with van der Waals surface area (Å²) in [6, 6.07) is 17.0. The van der Waals surface area contributed by atoms with Gasteiger partial charge in [-0.15, -0.1) is 0 Å². The molecule has 2 atom stereocenters. The summed E-state index contributed by atoms with van der Waals surface area (Å²) < 4.78 is 5.78. The number of halogens is 2. The van der Waals surface area contributed by atoms with E-state index in [4.69, 9.17) is 9.84 Å². The van der Waals surface area contributed by atoms with Crippen molar-refractivity contribution in [3.05, 3.63) is 65.7 Å². The highest BCUT2D eigenvalue weighted by atomic mass is 35.5. The minimum Gasteiger partial charge on any atom is -1.00 e. The third kappa shape index (κ3) is 11.9. The van der Waals surface area contributed by atoms with E-state index in [1.54, 1.807) is 12.2 Å². The zero-order chi connectivity index (χ0) is 22.6. The van der Waals surface area contributed by atoms with Crippen molar-refractivity contribution in [3.8, 4) is 5.75 Å². The number of quaternary nitrogens is 2. The van der Waals surface area contributed by atoms with Gasteiger partial charge in [0.1, 0.15) is 24.9 Å². The molecular weight excluding hydrogens is 469 g/mol. The topological polar surface area (TPSA) is 131 Å². The first-order valence-corrected chi connectivity index (χ1v) is 10.5. The Hall–Kier alpha value is -2.36. The molecule has 2 aromatic rings. The van der Waals surface area contributed by atoms with Crippen LogP contribution in [-0.2, 0) is 22.6 Å². The molecule has 0 unspecified atom stereocenters. The molecule has 184 valence electrons. The molecule has 0 radical (unpaired) electrons. The molecular formula is C23H33Cl2N3O5. The molecule has 0 aliphatic carbocycles. The van der Waals surface area contributed by atoms with E-state index in [2.05, 4.69) is 5.73 Å². The van der Waals surface area contributed by atoms with E-state index in [-0.39, 0.29) is 49.7 Å².